The molecule has 0 saturated carbocycles. The molecular weight excluding hydrogens is 359 g/mol. The molecule has 0 amide bonds. The number of piperidine rings is 1. The van der Waals surface area contributed by atoms with Crippen molar-refractivity contribution in [2.45, 2.75) is 18.5 Å². The lowest BCUT2D eigenvalue weighted by Gasteiger charge is -2.55. The summed E-state index contributed by atoms with van der Waals surface area (Å²) in [4.78, 5) is 14.1. The number of likely N-dealkylation sites (N-methyl/N-ethyl adjacent to an activating group) is 1. The van der Waals surface area contributed by atoms with E-state index in [0.717, 1.165) is 24.4 Å². The van der Waals surface area contributed by atoms with Gasteiger partial charge >= 0.3 is 0 Å². The van der Waals surface area contributed by atoms with Crippen LogP contribution < -0.4 is 4.90 Å². The minimum atomic E-state index is 0.458. The number of nitrogens with zero attached hydrogens (tertiary/aromatic N) is 6. The summed E-state index contributed by atoms with van der Waals surface area (Å²) in [6.07, 6.45) is 4.83. The first kappa shape index (κ1) is 15.4. The molecule has 5 heterocycles. The molecule has 1 aromatic carbocycles. The fraction of sp³-hybridized carbons (Fsp3) is 0.353. The maximum absolute atomic E-state index is 6.32. The first-order valence-corrected chi connectivity index (χ1v) is 8.99. The van der Waals surface area contributed by atoms with Crippen LogP contribution in [0.4, 0.5) is 5.82 Å². The topological polar surface area (TPSA) is 50.1 Å². The van der Waals surface area contributed by atoms with Crippen LogP contribution in [0.2, 0.25) is 10.0 Å². The monoisotopic (exact) mass is 374 g/mol. The number of hydrogen-bond donors (Lipinski definition) is 0. The van der Waals surface area contributed by atoms with Crippen molar-refractivity contribution in [3.05, 3.63) is 40.6 Å². The lowest BCUT2D eigenvalue weighted by molar-refractivity contribution is 0.0261. The van der Waals surface area contributed by atoms with Crippen LogP contribution in [0, 0.1) is 0 Å². The Balaban J connectivity index is 1.52. The molecule has 2 aromatic heterocycles. The van der Waals surface area contributed by atoms with E-state index in [1.807, 2.05) is 18.3 Å². The number of aromatic nitrogens is 4. The van der Waals surface area contributed by atoms with Crippen molar-refractivity contribution >= 4 is 40.2 Å². The first-order chi connectivity index (χ1) is 12.1. The van der Waals surface area contributed by atoms with Gasteiger partial charge in [-0.25, -0.2) is 14.6 Å². The van der Waals surface area contributed by atoms with E-state index in [1.54, 1.807) is 16.9 Å². The van der Waals surface area contributed by atoms with Crippen molar-refractivity contribution in [1.29, 1.82) is 0 Å². The Kier molecular flexibility index (Phi) is 3.42. The number of halogens is 2. The SMILES string of the molecule is CN1C2CC1CN(c1cnc3c(cnn3-c3cccc(Cl)c3Cl)n1)C2. The van der Waals surface area contributed by atoms with Crippen LogP contribution in [0.1, 0.15) is 6.42 Å². The van der Waals surface area contributed by atoms with Gasteiger partial charge in [0.15, 0.2) is 5.65 Å². The van der Waals surface area contributed by atoms with Gasteiger partial charge in [-0.1, -0.05) is 29.3 Å². The maximum atomic E-state index is 6.32. The summed E-state index contributed by atoms with van der Waals surface area (Å²) >= 11 is 12.4. The highest BCUT2D eigenvalue weighted by Gasteiger charge is 2.42. The molecule has 2 unspecified atom stereocenters. The summed E-state index contributed by atoms with van der Waals surface area (Å²) in [6.45, 7) is 2.00. The van der Waals surface area contributed by atoms with E-state index >= 15 is 0 Å². The van der Waals surface area contributed by atoms with E-state index in [2.05, 4.69) is 26.9 Å². The molecule has 6 rings (SSSR count). The highest BCUT2D eigenvalue weighted by atomic mass is 35.5. The predicted molar refractivity (Wildman–Crippen MR) is 98.8 cm³/mol. The van der Waals surface area contributed by atoms with Crippen molar-refractivity contribution in [2.24, 2.45) is 0 Å². The second-order valence-electron chi connectivity index (χ2n) is 6.68. The van der Waals surface area contributed by atoms with Crippen LogP contribution in [-0.4, -0.2) is 56.9 Å². The molecule has 3 aliphatic rings. The van der Waals surface area contributed by atoms with Crippen LogP contribution in [0.25, 0.3) is 16.9 Å². The molecule has 0 N–H and O–H groups in total. The molecule has 2 atom stereocenters. The van der Waals surface area contributed by atoms with Crippen molar-refractivity contribution in [3.8, 4) is 5.69 Å². The minimum Gasteiger partial charge on any atom is -0.352 e. The number of anilines is 1. The van der Waals surface area contributed by atoms with Gasteiger partial charge in [-0.2, -0.15) is 5.10 Å². The zero-order valence-electron chi connectivity index (χ0n) is 13.6. The molecule has 0 spiro atoms. The number of hydrogen-bond acceptors (Lipinski definition) is 5. The number of piperazine rings is 1. The molecule has 128 valence electrons. The molecular formula is C17H16Cl2N6. The van der Waals surface area contributed by atoms with E-state index in [-0.39, 0.29) is 0 Å². The van der Waals surface area contributed by atoms with E-state index in [0.29, 0.717) is 33.5 Å². The van der Waals surface area contributed by atoms with Crippen LogP contribution in [0.3, 0.4) is 0 Å². The van der Waals surface area contributed by atoms with Gasteiger partial charge in [-0.05, 0) is 25.6 Å². The Morgan fingerprint density at radius 3 is 2.68 bits per heavy atom. The number of benzene rings is 1. The van der Waals surface area contributed by atoms with Crippen molar-refractivity contribution in [3.63, 3.8) is 0 Å². The standard InChI is InChI=1S/C17H16Cl2N6/c1-23-10-5-11(23)9-24(8-10)15-7-20-17-13(22-15)6-21-25(17)14-4-2-3-12(18)16(14)19/h2-4,6-7,10-11H,5,8-9H2,1H3. The van der Waals surface area contributed by atoms with Crippen molar-refractivity contribution in [2.75, 3.05) is 25.0 Å². The maximum Gasteiger partial charge on any atom is 0.181 e. The third-order valence-electron chi connectivity index (χ3n) is 5.30. The average molecular weight is 375 g/mol. The normalized spacial score (nSPS) is 23.1. The van der Waals surface area contributed by atoms with Gasteiger partial charge in [0.05, 0.1) is 28.1 Å². The minimum absolute atomic E-state index is 0.458. The molecule has 3 saturated heterocycles. The van der Waals surface area contributed by atoms with Gasteiger partial charge in [0.1, 0.15) is 11.3 Å². The largest absolute Gasteiger partial charge is 0.352 e. The van der Waals surface area contributed by atoms with Crippen LogP contribution in [-0.2, 0) is 0 Å². The van der Waals surface area contributed by atoms with Crippen LogP contribution in [0.5, 0.6) is 0 Å². The molecule has 0 radical (unpaired) electrons. The van der Waals surface area contributed by atoms with Crippen molar-refractivity contribution < 1.29 is 0 Å². The fourth-order valence-electron chi connectivity index (χ4n) is 3.77. The Morgan fingerprint density at radius 1 is 1.12 bits per heavy atom. The van der Waals surface area contributed by atoms with E-state index < -0.39 is 0 Å². The zero-order chi connectivity index (χ0) is 17.1. The van der Waals surface area contributed by atoms with Gasteiger partial charge in [0, 0.05) is 25.2 Å². The second-order valence-corrected chi connectivity index (χ2v) is 7.47. The summed E-state index contributed by atoms with van der Waals surface area (Å²) in [6, 6.07) is 6.72. The van der Waals surface area contributed by atoms with Crippen molar-refractivity contribution in [1.82, 2.24) is 24.6 Å². The number of rotatable bonds is 2. The van der Waals surface area contributed by atoms with Crippen LogP contribution in [0.15, 0.2) is 30.6 Å². The molecule has 8 heteroatoms. The quantitative estimate of drug-likeness (QED) is 0.689. The first-order valence-electron chi connectivity index (χ1n) is 8.24. The molecule has 6 nitrogen and oxygen atoms in total. The summed E-state index contributed by atoms with van der Waals surface area (Å²) < 4.78 is 1.68. The predicted octanol–water partition coefficient (Wildman–Crippen LogP) is 3.02. The highest BCUT2D eigenvalue weighted by Crippen LogP contribution is 2.33. The van der Waals surface area contributed by atoms with E-state index in [9.17, 15) is 0 Å². The van der Waals surface area contributed by atoms with Gasteiger partial charge in [-0.3, -0.25) is 4.90 Å². The van der Waals surface area contributed by atoms with Gasteiger partial charge in [0.25, 0.3) is 0 Å². The summed E-state index contributed by atoms with van der Waals surface area (Å²) in [5, 5.41) is 5.36. The third-order valence-corrected chi connectivity index (χ3v) is 6.11. The smallest absolute Gasteiger partial charge is 0.181 e. The lowest BCUT2D eigenvalue weighted by atomic mass is 9.88. The zero-order valence-corrected chi connectivity index (χ0v) is 15.1. The van der Waals surface area contributed by atoms with E-state index in [1.165, 1.54) is 6.42 Å². The highest BCUT2D eigenvalue weighted by molar-refractivity contribution is 6.43. The molecule has 3 fully saturated rings. The molecule has 3 aliphatic heterocycles. The Bertz CT molecular complexity index is 959. The summed E-state index contributed by atoms with van der Waals surface area (Å²) in [5.74, 6) is 0.909. The molecule has 3 aromatic rings. The van der Waals surface area contributed by atoms with Gasteiger partial charge < -0.3 is 4.90 Å². The molecule has 25 heavy (non-hydrogen) atoms. The summed E-state index contributed by atoms with van der Waals surface area (Å²) in [7, 11) is 2.20. The third kappa shape index (κ3) is 2.32. The summed E-state index contributed by atoms with van der Waals surface area (Å²) in [5.41, 5.74) is 2.13. The fourth-order valence-corrected chi connectivity index (χ4v) is 4.15. The van der Waals surface area contributed by atoms with Gasteiger partial charge in [0.2, 0.25) is 0 Å². The molecule has 0 aliphatic carbocycles. The Labute approximate surface area is 155 Å². The van der Waals surface area contributed by atoms with Gasteiger partial charge in [-0.15, -0.1) is 0 Å². The average Bonchev–Trinajstić information content (AvgIpc) is 3.06. The van der Waals surface area contributed by atoms with Crippen LogP contribution >= 0.6 is 23.2 Å². The number of fused-ring (bicyclic) bond motifs is 3. The second kappa shape index (κ2) is 5.56. The lowest BCUT2D eigenvalue weighted by Crippen LogP contribution is -2.67. The molecule has 2 bridgehead atoms. The Morgan fingerprint density at radius 2 is 1.92 bits per heavy atom. The Hall–Kier alpha value is -1.89. The van der Waals surface area contributed by atoms with E-state index in [4.69, 9.17) is 28.2 Å².